The highest BCUT2D eigenvalue weighted by Gasteiger charge is 2.12. The normalized spacial score (nSPS) is 11.2. The molecule has 0 aliphatic heterocycles. The maximum absolute atomic E-state index is 12.9. The maximum Gasteiger partial charge on any atom is 0.269 e. The highest BCUT2D eigenvalue weighted by atomic mass is 16.6. The van der Waals surface area contributed by atoms with Gasteiger partial charge in [-0.1, -0.05) is 6.07 Å². The van der Waals surface area contributed by atoms with Gasteiger partial charge < -0.3 is 10.4 Å². The lowest BCUT2D eigenvalue weighted by molar-refractivity contribution is -0.384. The fourth-order valence-electron chi connectivity index (χ4n) is 2.54. The number of aliphatic imine (C=N–C) groups is 1. The van der Waals surface area contributed by atoms with Gasteiger partial charge in [-0.3, -0.25) is 24.3 Å². The molecule has 0 atom stereocenters. The summed E-state index contributed by atoms with van der Waals surface area (Å²) in [6.07, 6.45) is 2.99. The van der Waals surface area contributed by atoms with Gasteiger partial charge in [0.15, 0.2) is 0 Å². The first-order chi connectivity index (χ1) is 13.0. The molecule has 3 rings (SSSR count). The van der Waals surface area contributed by atoms with Gasteiger partial charge in [-0.05, 0) is 30.7 Å². The number of benzene rings is 1. The van der Waals surface area contributed by atoms with Crippen molar-refractivity contribution in [2.45, 2.75) is 6.92 Å². The van der Waals surface area contributed by atoms with Crippen LogP contribution in [0.15, 0.2) is 52.4 Å². The van der Waals surface area contributed by atoms with Crippen molar-refractivity contribution in [3.63, 3.8) is 0 Å². The largest absolute Gasteiger partial charge is 0.395 e. The zero-order valence-corrected chi connectivity index (χ0v) is 14.5. The Morgan fingerprint density at radius 3 is 2.74 bits per heavy atom. The van der Waals surface area contributed by atoms with Crippen LogP contribution in [0.4, 0.5) is 17.2 Å². The van der Waals surface area contributed by atoms with Gasteiger partial charge in [0.2, 0.25) is 0 Å². The van der Waals surface area contributed by atoms with Gasteiger partial charge in [0, 0.05) is 31.1 Å². The molecule has 2 aromatic heterocycles. The summed E-state index contributed by atoms with van der Waals surface area (Å²) in [4.78, 5) is 31.8. The molecule has 2 N–H and O–H groups in total. The fourth-order valence-corrected chi connectivity index (χ4v) is 2.54. The topological polar surface area (TPSA) is 122 Å². The van der Waals surface area contributed by atoms with Gasteiger partial charge in [0.25, 0.3) is 11.2 Å². The number of aromatic nitrogens is 2. The molecule has 9 nitrogen and oxygen atoms in total. The summed E-state index contributed by atoms with van der Waals surface area (Å²) in [5, 5.41) is 22.7. The number of hydrogen-bond donors (Lipinski definition) is 2. The van der Waals surface area contributed by atoms with Crippen LogP contribution >= 0.6 is 0 Å². The highest BCUT2D eigenvalue weighted by Crippen LogP contribution is 2.18. The lowest BCUT2D eigenvalue weighted by Gasteiger charge is -2.10. The Balaban J connectivity index is 2.07. The van der Waals surface area contributed by atoms with Gasteiger partial charge >= 0.3 is 0 Å². The summed E-state index contributed by atoms with van der Waals surface area (Å²) in [5.74, 6) is 0.314. The maximum atomic E-state index is 12.9. The Morgan fingerprint density at radius 2 is 2.07 bits per heavy atom. The molecule has 0 fully saturated rings. The van der Waals surface area contributed by atoms with Crippen molar-refractivity contribution in [1.29, 1.82) is 0 Å². The number of non-ortho nitro benzene ring substituents is 1. The molecule has 138 valence electrons. The second kappa shape index (κ2) is 7.75. The van der Waals surface area contributed by atoms with Crippen molar-refractivity contribution >= 4 is 29.1 Å². The van der Waals surface area contributed by atoms with Crippen LogP contribution in [0, 0.1) is 17.0 Å². The SMILES string of the molecule is Cc1cccn2c(=O)c(C=Nc3ccc([N+](=O)[O-])cc3)c(NCCO)nc12. The Kier molecular flexibility index (Phi) is 5.23. The molecule has 0 spiro atoms. The minimum Gasteiger partial charge on any atom is -0.395 e. The first kappa shape index (κ1) is 18.2. The number of aryl methyl sites for hydroxylation is 1. The number of aliphatic hydroxyl groups excluding tert-OH is 1. The first-order valence-electron chi connectivity index (χ1n) is 8.16. The van der Waals surface area contributed by atoms with Gasteiger partial charge in [-0.25, -0.2) is 4.98 Å². The van der Waals surface area contributed by atoms with Crippen molar-refractivity contribution in [3.05, 3.63) is 74.2 Å². The number of aliphatic hydroxyl groups is 1. The first-order valence-corrected chi connectivity index (χ1v) is 8.16. The number of nitro benzene ring substituents is 1. The van der Waals surface area contributed by atoms with Crippen LogP contribution in [0.1, 0.15) is 11.1 Å². The molecule has 0 aliphatic rings. The van der Waals surface area contributed by atoms with E-state index in [1.165, 1.54) is 34.9 Å². The molecule has 27 heavy (non-hydrogen) atoms. The molecule has 0 unspecified atom stereocenters. The van der Waals surface area contributed by atoms with E-state index in [9.17, 15) is 14.9 Å². The van der Waals surface area contributed by atoms with E-state index in [0.29, 0.717) is 17.2 Å². The van der Waals surface area contributed by atoms with Crippen LogP contribution in [-0.2, 0) is 0 Å². The van der Waals surface area contributed by atoms with Gasteiger partial charge in [0.1, 0.15) is 17.0 Å². The summed E-state index contributed by atoms with van der Waals surface area (Å²) in [6, 6.07) is 9.27. The quantitative estimate of drug-likeness (QED) is 0.391. The number of nitrogens with one attached hydrogen (secondary N) is 1. The Bertz CT molecular complexity index is 1070. The number of hydrogen-bond acceptors (Lipinski definition) is 7. The van der Waals surface area contributed by atoms with Crippen molar-refractivity contribution < 1.29 is 10.0 Å². The molecule has 0 aliphatic carbocycles. The van der Waals surface area contributed by atoms with Crippen LogP contribution in [-0.4, -0.2) is 38.8 Å². The average Bonchev–Trinajstić information content (AvgIpc) is 2.67. The highest BCUT2D eigenvalue weighted by molar-refractivity contribution is 5.88. The van der Waals surface area contributed by atoms with Crippen LogP contribution in [0.25, 0.3) is 5.65 Å². The molecule has 0 saturated carbocycles. The number of fused-ring (bicyclic) bond motifs is 1. The molecule has 3 aromatic rings. The van der Waals surface area contributed by atoms with E-state index < -0.39 is 4.92 Å². The molecule has 2 heterocycles. The standard InChI is InChI=1S/C18H17N5O4/c1-12-3-2-9-22-17(12)21-16(19-8-10-24)15(18(22)25)11-20-13-4-6-14(7-5-13)23(26)27/h2-7,9,11,19,24H,8,10H2,1H3. The average molecular weight is 367 g/mol. The van der Waals surface area contributed by atoms with Gasteiger partial charge in [-0.2, -0.15) is 0 Å². The molecule has 0 bridgehead atoms. The second-order valence-electron chi connectivity index (χ2n) is 5.75. The molecule has 1 aromatic carbocycles. The van der Waals surface area contributed by atoms with E-state index in [2.05, 4.69) is 15.3 Å². The van der Waals surface area contributed by atoms with Crippen molar-refractivity contribution in [1.82, 2.24) is 9.38 Å². The summed E-state index contributed by atoms with van der Waals surface area (Å²) >= 11 is 0. The summed E-state index contributed by atoms with van der Waals surface area (Å²) in [7, 11) is 0. The third kappa shape index (κ3) is 3.82. The van der Waals surface area contributed by atoms with E-state index in [1.54, 1.807) is 12.3 Å². The summed E-state index contributed by atoms with van der Waals surface area (Å²) in [5.41, 5.74) is 1.68. The van der Waals surface area contributed by atoms with E-state index >= 15 is 0 Å². The molecular weight excluding hydrogens is 350 g/mol. The number of anilines is 1. The predicted molar refractivity (Wildman–Crippen MR) is 102 cm³/mol. The predicted octanol–water partition coefficient (Wildman–Crippen LogP) is 2.07. The zero-order chi connectivity index (χ0) is 19.4. The minimum atomic E-state index is -0.494. The van der Waals surface area contributed by atoms with Crippen LogP contribution in [0.2, 0.25) is 0 Å². The third-order valence-electron chi connectivity index (χ3n) is 3.89. The number of rotatable bonds is 6. The summed E-state index contributed by atoms with van der Waals surface area (Å²) in [6.45, 7) is 1.96. The van der Waals surface area contributed by atoms with Crippen LogP contribution in [0.3, 0.4) is 0 Å². The lowest BCUT2D eigenvalue weighted by Crippen LogP contribution is -2.23. The Morgan fingerprint density at radius 1 is 1.33 bits per heavy atom. The summed E-state index contributed by atoms with van der Waals surface area (Å²) < 4.78 is 1.43. The Hall–Kier alpha value is -3.59. The van der Waals surface area contributed by atoms with E-state index in [4.69, 9.17) is 5.11 Å². The lowest BCUT2D eigenvalue weighted by atomic mass is 10.2. The van der Waals surface area contributed by atoms with Crippen LogP contribution in [0.5, 0.6) is 0 Å². The zero-order valence-electron chi connectivity index (χ0n) is 14.5. The van der Waals surface area contributed by atoms with Crippen molar-refractivity contribution in [3.8, 4) is 0 Å². The number of nitrogens with zero attached hydrogens (tertiary/aromatic N) is 4. The molecule has 0 amide bonds. The van der Waals surface area contributed by atoms with Crippen molar-refractivity contribution in [2.24, 2.45) is 4.99 Å². The number of nitro groups is 1. The molecule has 0 radical (unpaired) electrons. The smallest absolute Gasteiger partial charge is 0.269 e. The third-order valence-corrected chi connectivity index (χ3v) is 3.89. The molecule has 9 heteroatoms. The second-order valence-corrected chi connectivity index (χ2v) is 5.75. The van der Waals surface area contributed by atoms with E-state index in [0.717, 1.165) is 5.56 Å². The molecular formula is C18H17N5O4. The monoisotopic (exact) mass is 367 g/mol. The van der Waals surface area contributed by atoms with E-state index in [1.807, 2.05) is 13.0 Å². The van der Waals surface area contributed by atoms with Gasteiger partial charge in [0.05, 0.1) is 17.2 Å². The molecule has 0 saturated heterocycles. The fraction of sp³-hybridized carbons (Fsp3) is 0.167. The van der Waals surface area contributed by atoms with Crippen molar-refractivity contribution in [2.75, 3.05) is 18.5 Å². The van der Waals surface area contributed by atoms with E-state index in [-0.39, 0.29) is 30.0 Å². The number of pyridine rings is 1. The Labute approximate surface area is 153 Å². The minimum absolute atomic E-state index is 0.0397. The van der Waals surface area contributed by atoms with Gasteiger partial charge in [-0.15, -0.1) is 0 Å². The van der Waals surface area contributed by atoms with Crippen LogP contribution < -0.4 is 10.9 Å².